The highest BCUT2D eigenvalue weighted by molar-refractivity contribution is 5.86. The minimum absolute atomic E-state index is 0.173. The molecule has 3 N–H and O–H groups in total. The van der Waals surface area contributed by atoms with Gasteiger partial charge in [0.1, 0.15) is 11.1 Å². The number of H-pyrrole nitrogens is 1. The first-order chi connectivity index (χ1) is 10.8. The molecule has 1 aliphatic heterocycles. The summed E-state index contributed by atoms with van der Waals surface area (Å²) in [5.41, 5.74) is 6.72. The number of aryl methyl sites for hydroxylation is 1. The summed E-state index contributed by atoms with van der Waals surface area (Å²) in [6.07, 6.45) is 1.70. The topological polar surface area (TPSA) is 106 Å². The number of pyridine rings is 1. The molecule has 2 aromatic rings. The van der Waals surface area contributed by atoms with Crippen LogP contribution >= 0.6 is 0 Å². The molecule has 23 heavy (non-hydrogen) atoms. The molecule has 1 fully saturated rings. The van der Waals surface area contributed by atoms with E-state index < -0.39 is 11.7 Å². The van der Waals surface area contributed by atoms with Crippen molar-refractivity contribution in [2.24, 2.45) is 18.7 Å². The van der Waals surface area contributed by atoms with Gasteiger partial charge in [-0.1, -0.05) is 0 Å². The van der Waals surface area contributed by atoms with Gasteiger partial charge in [-0.2, -0.15) is 0 Å². The third kappa shape index (κ3) is 2.88. The SMILES string of the molecule is Cn1c(=O)[nH]c2c(N3CC(CC(C)(C)OC(N)=O)C3)ccnc21. The third-order valence-electron chi connectivity index (χ3n) is 4.22. The van der Waals surface area contributed by atoms with Crippen molar-refractivity contribution in [3.63, 3.8) is 0 Å². The van der Waals surface area contributed by atoms with E-state index in [2.05, 4.69) is 14.9 Å². The molecule has 0 saturated carbocycles. The largest absolute Gasteiger partial charge is 0.444 e. The van der Waals surface area contributed by atoms with Gasteiger partial charge < -0.3 is 20.4 Å². The van der Waals surface area contributed by atoms with Gasteiger partial charge in [-0.25, -0.2) is 14.6 Å². The monoisotopic (exact) mass is 319 g/mol. The van der Waals surface area contributed by atoms with Gasteiger partial charge in [0, 0.05) is 26.3 Å². The van der Waals surface area contributed by atoms with Crippen molar-refractivity contribution in [2.75, 3.05) is 18.0 Å². The molecule has 2 aromatic heterocycles. The summed E-state index contributed by atoms with van der Waals surface area (Å²) in [6.45, 7) is 5.39. The highest BCUT2D eigenvalue weighted by Gasteiger charge is 2.35. The first kappa shape index (κ1) is 15.4. The quantitative estimate of drug-likeness (QED) is 0.873. The molecular weight excluding hydrogens is 298 g/mol. The van der Waals surface area contributed by atoms with E-state index in [1.807, 2.05) is 19.9 Å². The maximum absolute atomic E-state index is 11.8. The predicted molar refractivity (Wildman–Crippen MR) is 86.4 cm³/mol. The molecule has 0 unspecified atom stereocenters. The number of fused-ring (bicyclic) bond motifs is 1. The first-order valence-corrected chi connectivity index (χ1v) is 7.54. The number of amides is 1. The van der Waals surface area contributed by atoms with E-state index >= 15 is 0 Å². The average Bonchev–Trinajstić information content (AvgIpc) is 2.68. The standard InChI is InChI=1S/C15H21N5O3/c1-15(2,23-13(16)21)6-9-7-20(8-9)10-4-5-17-12-11(10)18-14(22)19(12)3/h4-5,9H,6-8H2,1-3H3,(H2,16,21)(H,18,22). The summed E-state index contributed by atoms with van der Waals surface area (Å²) in [5, 5.41) is 0. The summed E-state index contributed by atoms with van der Waals surface area (Å²) in [4.78, 5) is 32.0. The number of imidazole rings is 1. The van der Waals surface area contributed by atoms with Gasteiger partial charge in [-0.3, -0.25) is 4.57 Å². The Balaban J connectivity index is 1.72. The van der Waals surface area contributed by atoms with Crippen LogP contribution in [0.4, 0.5) is 10.5 Å². The molecule has 8 heteroatoms. The summed E-state index contributed by atoms with van der Waals surface area (Å²) in [5.74, 6) is 0.406. The van der Waals surface area contributed by atoms with E-state index in [9.17, 15) is 9.59 Å². The number of aromatic nitrogens is 3. The Morgan fingerprint density at radius 2 is 2.22 bits per heavy atom. The van der Waals surface area contributed by atoms with Crippen LogP contribution in [0, 0.1) is 5.92 Å². The zero-order valence-corrected chi connectivity index (χ0v) is 13.5. The lowest BCUT2D eigenvalue weighted by molar-refractivity contribution is 0.0231. The molecule has 0 aliphatic carbocycles. The van der Waals surface area contributed by atoms with Crippen LogP contribution in [0.1, 0.15) is 20.3 Å². The van der Waals surface area contributed by atoms with Crippen molar-refractivity contribution < 1.29 is 9.53 Å². The number of primary amides is 1. The van der Waals surface area contributed by atoms with Crippen molar-refractivity contribution in [3.05, 3.63) is 22.7 Å². The van der Waals surface area contributed by atoms with Crippen molar-refractivity contribution >= 4 is 22.9 Å². The van der Waals surface area contributed by atoms with Crippen molar-refractivity contribution in [3.8, 4) is 0 Å². The van der Waals surface area contributed by atoms with Crippen molar-refractivity contribution in [2.45, 2.75) is 25.9 Å². The van der Waals surface area contributed by atoms with Crippen molar-refractivity contribution in [1.82, 2.24) is 14.5 Å². The van der Waals surface area contributed by atoms with Gasteiger partial charge >= 0.3 is 11.8 Å². The number of hydrogen-bond donors (Lipinski definition) is 2. The summed E-state index contributed by atoms with van der Waals surface area (Å²) in [7, 11) is 1.69. The summed E-state index contributed by atoms with van der Waals surface area (Å²) in [6, 6.07) is 1.90. The van der Waals surface area contributed by atoms with Crippen LogP contribution in [-0.4, -0.2) is 39.3 Å². The molecule has 0 spiro atoms. The number of nitrogens with one attached hydrogen (secondary N) is 1. The molecule has 1 amide bonds. The molecule has 124 valence electrons. The number of rotatable bonds is 4. The molecule has 1 aliphatic rings. The van der Waals surface area contributed by atoms with Crippen LogP contribution in [0.3, 0.4) is 0 Å². The van der Waals surface area contributed by atoms with Crippen molar-refractivity contribution in [1.29, 1.82) is 0 Å². The van der Waals surface area contributed by atoms with Crippen LogP contribution < -0.4 is 16.3 Å². The van der Waals surface area contributed by atoms with Crippen LogP contribution in [-0.2, 0) is 11.8 Å². The highest BCUT2D eigenvalue weighted by Crippen LogP contribution is 2.33. The molecule has 0 aromatic carbocycles. The number of aromatic amines is 1. The summed E-state index contributed by atoms with van der Waals surface area (Å²) < 4.78 is 6.63. The van der Waals surface area contributed by atoms with Crippen LogP contribution in [0.15, 0.2) is 17.1 Å². The number of hydrogen-bond acceptors (Lipinski definition) is 5. The zero-order chi connectivity index (χ0) is 16.8. The molecule has 0 atom stereocenters. The van der Waals surface area contributed by atoms with E-state index in [1.54, 1.807) is 13.2 Å². The van der Waals surface area contributed by atoms with E-state index in [0.29, 0.717) is 11.6 Å². The fourth-order valence-electron chi connectivity index (χ4n) is 3.27. The second-order valence-electron chi connectivity index (χ2n) is 6.67. The van der Waals surface area contributed by atoms with Crippen LogP contribution in [0.5, 0.6) is 0 Å². The van der Waals surface area contributed by atoms with E-state index in [-0.39, 0.29) is 5.69 Å². The Bertz CT molecular complexity index is 801. The minimum atomic E-state index is -0.746. The molecular formula is C15H21N5O3. The Morgan fingerprint density at radius 3 is 2.87 bits per heavy atom. The number of carbonyl (C=O) groups is 1. The fraction of sp³-hybridized carbons (Fsp3) is 0.533. The predicted octanol–water partition coefficient (Wildman–Crippen LogP) is 0.962. The number of anilines is 1. The first-order valence-electron chi connectivity index (χ1n) is 7.54. The highest BCUT2D eigenvalue weighted by atomic mass is 16.6. The number of nitrogens with zero attached hydrogens (tertiary/aromatic N) is 3. The van der Waals surface area contributed by atoms with Crippen LogP contribution in [0.2, 0.25) is 0 Å². The fourth-order valence-corrected chi connectivity index (χ4v) is 3.27. The Labute approximate surface area is 133 Å². The number of carbonyl (C=O) groups excluding carboxylic acids is 1. The smallest absolute Gasteiger partial charge is 0.405 e. The van der Waals surface area contributed by atoms with Gasteiger partial charge in [0.25, 0.3) is 0 Å². The molecule has 0 radical (unpaired) electrons. The van der Waals surface area contributed by atoms with E-state index in [1.165, 1.54) is 4.57 Å². The lowest BCUT2D eigenvalue weighted by Crippen LogP contribution is -2.50. The van der Waals surface area contributed by atoms with Crippen LogP contribution in [0.25, 0.3) is 11.2 Å². The minimum Gasteiger partial charge on any atom is -0.444 e. The molecule has 3 heterocycles. The summed E-state index contributed by atoms with van der Waals surface area (Å²) >= 11 is 0. The molecule has 3 rings (SSSR count). The number of nitrogens with two attached hydrogens (primary N) is 1. The van der Waals surface area contributed by atoms with E-state index in [4.69, 9.17) is 10.5 Å². The maximum atomic E-state index is 11.8. The second kappa shape index (κ2) is 5.29. The lowest BCUT2D eigenvalue weighted by Gasteiger charge is -2.43. The Morgan fingerprint density at radius 1 is 1.52 bits per heavy atom. The third-order valence-corrected chi connectivity index (χ3v) is 4.22. The maximum Gasteiger partial charge on any atom is 0.405 e. The van der Waals surface area contributed by atoms with Gasteiger partial charge in [-0.15, -0.1) is 0 Å². The Hall–Kier alpha value is -2.51. The number of ether oxygens (including phenoxy) is 1. The molecule has 8 nitrogen and oxygen atoms in total. The lowest BCUT2D eigenvalue weighted by atomic mass is 9.87. The zero-order valence-electron chi connectivity index (χ0n) is 13.5. The average molecular weight is 319 g/mol. The van der Waals surface area contributed by atoms with Gasteiger partial charge in [0.2, 0.25) is 0 Å². The van der Waals surface area contributed by atoms with Gasteiger partial charge in [-0.05, 0) is 32.3 Å². The Kier molecular flexibility index (Phi) is 3.54. The van der Waals surface area contributed by atoms with Gasteiger partial charge in [0.05, 0.1) is 5.69 Å². The van der Waals surface area contributed by atoms with Gasteiger partial charge in [0.15, 0.2) is 5.65 Å². The molecule has 1 saturated heterocycles. The normalized spacial score (nSPS) is 15.7. The second-order valence-corrected chi connectivity index (χ2v) is 6.67. The van der Waals surface area contributed by atoms with E-state index in [0.717, 1.165) is 30.7 Å². The molecule has 0 bridgehead atoms.